The highest BCUT2D eigenvalue weighted by atomic mass is 19.1. The molecule has 0 atom stereocenters. The number of halogens is 1. The molecule has 3 N–H and O–H groups in total. The third-order valence-corrected chi connectivity index (χ3v) is 2.07. The van der Waals surface area contributed by atoms with Crippen molar-refractivity contribution < 1.29 is 8.91 Å². The Morgan fingerprint density at radius 1 is 1.38 bits per heavy atom. The van der Waals surface area contributed by atoms with E-state index in [1.807, 2.05) is 13.0 Å². The van der Waals surface area contributed by atoms with Gasteiger partial charge in [-0.25, -0.2) is 4.39 Å². The summed E-state index contributed by atoms with van der Waals surface area (Å²) in [4.78, 5) is 0. The van der Waals surface area contributed by atoms with Gasteiger partial charge in [0.25, 0.3) is 0 Å². The summed E-state index contributed by atoms with van der Waals surface area (Å²) in [5.74, 6) is 0.384. The molecule has 0 aliphatic rings. The molecule has 0 saturated heterocycles. The van der Waals surface area contributed by atoms with Crippen LogP contribution in [0.5, 0.6) is 0 Å². The van der Waals surface area contributed by atoms with Gasteiger partial charge in [0.1, 0.15) is 17.3 Å². The molecule has 0 unspecified atom stereocenters. The first-order valence-electron chi connectivity index (χ1n) is 4.85. The first-order chi connectivity index (χ1) is 7.63. The monoisotopic (exact) mass is 221 g/mol. The minimum atomic E-state index is -0.362. The Balaban J connectivity index is 2.04. The fraction of sp³-hybridized carbons (Fsp3) is 0.182. The van der Waals surface area contributed by atoms with Gasteiger partial charge in [0.2, 0.25) is 0 Å². The van der Waals surface area contributed by atoms with Crippen LogP contribution in [0.3, 0.4) is 0 Å². The fourth-order valence-corrected chi connectivity index (χ4v) is 1.41. The number of nitrogen functional groups attached to an aromatic ring is 1. The summed E-state index contributed by atoms with van der Waals surface area (Å²) < 4.78 is 17.9. The molecule has 2 aromatic rings. The third-order valence-electron chi connectivity index (χ3n) is 2.07. The van der Waals surface area contributed by atoms with Crippen molar-refractivity contribution in [2.75, 3.05) is 11.1 Å². The van der Waals surface area contributed by atoms with E-state index in [0.29, 0.717) is 17.9 Å². The molecular formula is C11H12FN3O. The molecule has 5 heteroatoms. The lowest BCUT2D eigenvalue weighted by Gasteiger charge is -2.05. The molecule has 0 amide bonds. The van der Waals surface area contributed by atoms with Crippen molar-refractivity contribution in [3.8, 4) is 0 Å². The SMILES string of the molecule is Cc1cc(CNc2cc(N)cc(F)c2)no1. The van der Waals surface area contributed by atoms with E-state index >= 15 is 0 Å². The maximum Gasteiger partial charge on any atom is 0.133 e. The average molecular weight is 221 g/mol. The highest BCUT2D eigenvalue weighted by Gasteiger charge is 2.01. The van der Waals surface area contributed by atoms with E-state index in [1.54, 1.807) is 6.07 Å². The van der Waals surface area contributed by atoms with Gasteiger partial charge in [-0.2, -0.15) is 0 Å². The number of nitrogens with one attached hydrogen (secondary N) is 1. The number of aromatic nitrogens is 1. The van der Waals surface area contributed by atoms with Crippen LogP contribution in [0, 0.1) is 12.7 Å². The maximum atomic E-state index is 13.0. The molecule has 0 spiro atoms. The minimum absolute atomic E-state index is 0.362. The van der Waals surface area contributed by atoms with Gasteiger partial charge in [0.15, 0.2) is 0 Å². The van der Waals surface area contributed by atoms with Crippen LogP contribution in [-0.2, 0) is 6.54 Å². The van der Waals surface area contributed by atoms with Crippen molar-refractivity contribution in [1.29, 1.82) is 0 Å². The molecule has 0 saturated carbocycles. The summed E-state index contributed by atoms with van der Waals surface area (Å²) in [6.45, 7) is 2.29. The second-order valence-corrected chi connectivity index (χ2v) is 3.56. The zero-order valence-corrected chi connectivity index (χ0v) is 8.83. The normalized spacial score (nSPS) is 10.4. The van der Waals surface area contributed by atoms with Gasteiger partial charge in [0.05, 0.1) is 6.54 Å². The van der Waals surface area contributed by atoms with Crippen LogP contribution < -0.4 is 11.1 Å². The van der Waals surface area contributed by atoms with Gasteiger partial charge in [-0.1, -0.05) is 5.16 Å². The summed E-state index contributed by atoms with van der Waals surface area (Å²) in [6, 6.07) is 6.13. The van der Waals surface area contributed by atoms with E-state index in [4.69, 9.17) is 10.3 Å². The number of anilines is 2. The molecule has 0 fully saturated rings. The van der Waals surface area contributed by atoms with Crippen molar-refractivity contribution in [1.82, 2.24) is 5.16 Å². The predicted molar refractivity (Wildman–Crippen MR) is 59.4 cm³/mol. The molecule has 0 radical (unpaired) electrons. The van der Waals surface area contributed by atoms with Gasteiger partial charge < -0.3 is 15.6 Å². The Morgan fingerprint density at radius 2 is 2.19 bits per heavy atom. The van der Waals surface area contributed by atoms with Gasteiger partial charge in [-0.05, 0) is 25.1 Å². The van der Waals surface area contributed by atoms with Crippen LogP contribution in [0.25, 0.3) is 0 Å². The number of rotatable bonds is 3. The Kier molecular flexibility index (Phi) is 2.76. The van der Waals surface area contributed by atoms with Crippen molar-refractivity contribution in [3.63, 3.8) is 0 Å². The van der Waals surface area contributed by atoms with E-state index in [9.17, 15) is 4.39 Å². The molecule has 16 heavy (non-hydrogen) atoms. The standard InChI is InChI=1S/C11H12FN3O/c1-7-2-11(15-16-7)6-14-10-4-8(12)3-9(13)5-10/h2-5,14H,6,13H2,1H3. The van der Waals surface area contributed by atoms with Gasteiger partial charge in [0, 0.05) is 17.4 Å². The van der Waals surface area contributed by atoms with E-state index in [-0.39, 0.29) is 5.82 Å². The Labute approximate surface area is 92.2 Å². The minimum Gasteiger partial charge on any atom is -0.399 e. The lowest BCUT2D eigenvalue weighted by molar-refractivity contribution is 0.391. The molecule has 1 aromatic carbocycles. The number of aryl methyl sites for hydroxylation is 1. The molecular weight excluding hydrogens is 209 g/mol. The third kappa shape index (κ3) is 2.50. The highest BCUT2D eigenvalue weighted by Crippen LogP contribution is 2.16. The predicted octanol–water partition coefficient (Wildman–Crippen LogP) is 2.32. The number of nitrogens with zero attached hydrogens (tertiary/aromatic N) is 1. The van der Waals surface area contributed by atoms with Crippen molar-refractivity contribution in [3.05, 3.63) is 41.5 Å². The number of nitrogens with two attached hydrogens (primary N) is 1. The van der Waals surface area contributed by atoms with Gasteiger partial charge in [-0.15, -0.1) is 0 Å². The van der Waals surface area contributed by atoms with E-state index in [0.717, 1.165) is 11.5 Å². The van der Waals surface area contributed by atoms with E-state index in [2.05, 4.69) is 10.5 Å². The van der Waals surface area contributed by atoms with Crippen molar-refractivity contribution in [2.24, 2.45) is 0 Å². The summed E-state index contributed by atoms with van der Waals surface area (Å²) in [7, 11) is 0. The smallest absolute Gasteiger partial charge is 0.133 e. The molecule has 0 aliphatic carbocycles. The maximum absolute atomic E-state index is 13.0. The first-order valence-corrected chi connectivity index (χ1v) is 4.85. The lowest BCUT2D eigenvalue weighted by atomic mass is 10.2. The van der Waals surface area contributed by atoms with E-state index in [1.165, 1.54) is 12.1 Å². The highest BCUT2D eigenvalue weighted by molar-refractivity contribution is 5.54. The second kappa shape index (κ2) is 4.22. The van der Waals surface area contributed by atoms with Crippen LogP contribution in [0.1, 0.15) is 11.5 Å². The molecule has 0 bridgehead atoms. The van der Waals surface area contributed by atoms with Gasteiger partial charge >= 0.3 is 0 Å². The first kappa shape index (κ1) is 10.5. The quantitative estimate of drug-likeness (QED) is 0.781. The summed E-state index contributed by atoms with van der Waals surface area (Å²) in [5, 5.41) is 6.83. The Morgan fingerprint density at radius 3 is 2.81 bits per heavy atom. The lowest BCUT2D eigenvalue weighted by Crippen LogP contribution is -2.00. The molecule has 1 heterocycles. The fourth-order valence-electron chi connectivity index (χ4n) is 1.41. The van der Waals surface area contributed by atoms with Crippen LogP contribution in [0.2, 0.25) is 0 Å². The van der Waals surface area contributed by atoms with Crippen LogP contribution in [-0.4, -0.2) is 5.16 Å². The summed E-state index contributed by atoms with van der Waals surface area (Å²) in [6.07, 6.45) is 0. The summed E-state index contributed by atoms with van der Waals surface area (Å²) >= 11 is 0. The second-order valence-electron chi connectivity index (χ2n) is 3.56. The number of benzene rings is 1. The molecule has 1 aromatic heterocycles. The zero-order chi connectivity index (χ0) is 11.5. The van der Waals surface area contributed by atoms with Crippen LogP contribution in [0.4, 0.5) is 15.8 Å². The molecule has 0 aliphatic heterocycles. The Bertz CT molecular complexity index is 475. The van der Waals surface area contributed by atoms with Crippen molar-refractivity contribution >= 4 is 11.4 Å². The zero-order valence-electron chi connectivity index (χ0n) is 8.83. The summed E-state index contributed by atoms with van der Waals surface area (Å²) in [5.41, 5.74) is 7.29. The van der Waals surface area contributed by atoms with E-state index < -0.39 is 0 Å². The number of hydrogen-bond acceptors (Lipinski definition) is 4. The largest absolute Gasteiger partial charge is 0.399 e. The molecule has 2 rings (SSSR count). The Hall–Kier alpha value is -2.04. The molecule has 84 valence electrons. The van der Waals surface area contributed by atoms with Crippen molar-refractivity contribution in [2.45, 2.75) is 13.5 Å². The van der Waals surface area contributed by atoms with Gasteiger partial charge in [-0.3, -0.25) is 0 Å². The topological polar surface area (TPSA) is 64.1 Å². The molecule has 4 nitrogen and oxygen atoms in total. The average Bonchev–Trinajstić information content (AvgIpc) is 2.60. The van der Waals surface area contributed by atoms with Crippen LogP contribution >= 0.6 is 0 Å². The number of hydrogen-bond donors (Lipinski definition) is 2. The van der Waals surface area contributed by atoms with Crippen LogP contribution in [0.15, 0.2) is 28.8 Å².